The van der Waals surface area contributed by atoms with Crippen LogP contribution in [-0.4, -0.2) is 34.5 Å². The number of aryl methyl sites for hydroxylation is 1. The quantitative estimate of drug-likeness (QED) is 0.791. The van der Waals surface area contributed by atoms with Gasteiger partial charge in [0.15, 0.2) is 0 Å². The standard InChI is InChI=1S/C15H18INO3/c1-9-3-6-13(16)12(7-9)14(18)17(11-4-5-11)8-10(2)15(19)20/h3,6-7,10-11H,4-5,8H2,1-2H3,(H,19,20). The third-order valence-corrected chi connectivity index (χ3v) is 4.43. The first-order valence-electron chi connectivity index (χ1n) is 6.70. The van der Waals surface area contributed by atoms with Crippen molar-refractivity contribution >= 4 is 34.5 Å². The molecule has 1 aromatic rings. The molecule has 0 spiro atoms. The monoisotopic (exact) mass is 387 g/mol. The van der Waals surface area contributed by atoms with E-state index in [1.165, 1.54) is 0 Å². The van der Waals surface area contributed by atoms with Gasteiger partial charge >= 0.3 is 5.97 Å². The number of nitrogens with zero attached hydrogens (tertiary/aromatic N) is 1. The molecule has 2 rings (SSSR count). The van der Waals surface area contributed by atoms with E-state index in [0.717, 1.165) is 22.0 Å². The summed E-state index contributed by atoms with van der Waals surface area (Å²) in [7, 11) is 0. The summed E-state index contributed by atoms with van der Waals surface area (Å²) < 4.78 is 0.909. The Morgan fingerprint density at radius 1 is 1.45 bits per heavy atom. The van der Waals surface area contributed by atoms with Gasteiger partial charge in [-0.05, 0) is 54.5 Å². The molecule has 1 amide bonds. The normalized spacial score (nSPS) is 15.8. The molecule has 0 saturated heterocycles. The van der Waals surface area contributed by atoms with E-state index in [4.69, 9.17) is 5.11 Å². The third kappa shape index (κ3) is 3.50. The summed E-state index contributed by atoms with van der Waals surface area (Å²) in [5, 5.41) is 9.04. The van der Waals surface area contributed by atoms with Crippen LogP contribution >= 0.6 is 22.6 Å². The molecule has 5 heteroatoms. The largest absolute Gasteiger partial charge is 0.481 e. The van der Waals surface area contributed by atoms with Crippen molar-refractivity contribution in [2.45, 2.75) is 32.7 Å². The van der Waals surface area contributed by atoms with Crippen LogP contribution < -0.4 is 0 Å². The number of benzene rings is 1. The number of hydrogen-bond donors (Lipinski definition) is 1. The summed E-state index contributed by atoms with van der Waals surface area (Å²) in [4.78, 5) is 25.4. The van der Waals surface area contributed by atoms with Crippen LogP contribution in [0, 0.1) is 16.4 Å². The van der Waals surface area contributed by atoms with Crippen molar-refractivity contribution in [1.29, 1.82) is 0 Å². The maximum atomic E-state index is 12.7. The second-order valence-electron chi connectivity index (χ2n) is 5.41. The van der Waals surface area contributed by atoms with Crippen LogP contribution in [0.3, 0.4) is 0 Å². The summed E-state index contributed by atoms with van der Waals surface area (Å²) in [6, 6.07) is 5.99. The highest BCUT2D eigenvalue weighted by Crippen LogP contribution is 2.30. The van der Waals surface area contributed by atoms with Gasteiger partial charge in [-0.15, -0.1) is 0 Å². The molecule has 1 N–H and O–H groups in total. The fourth-order valence-electron chi connectivity index (χ4n) is 2.11. The number of amides is 1. The number of halogens is 1. The molecule has 0 heterocycles. The predicted molar refractivity (Wildman–Crippen MR) is 84.8 cm³/mol. The van der Waals surface area contributed by atoms with E-state index >= 15 is 0 Å². The van der Waals surface area contributed by atoms with E-state index in [0.29, 0.717) is 5.56 Å². The Morgan fingerprint density at radius 3 is 2.65 bits per heavy atom. The van der Waals surface area contributed by atoms with Crippen molar-refractivity contribution in [2.75, 3.05) is 6.54 Å². The molecule has 1 aliphatic rings. The minimum atomic E-state index is -0.859. The molecular weight excluding hydrogens is 369 g/mol. The Bertz CT molecular complexity index is 540. The van der Waals surface area contributed by atoms with Crippen LogP contribution in [0.25, 0.3) is 0 Å². The Hall–Kier alpha value is -1.11. The maximum Gasteiger partial charge on any atom is 0.308 e. The smallest absolute Gasteiger partial charge is 0.308 e. The second kappa shape index (κ2) is 6.11. The van der Waals surface area contributed by atoms with Crippen molar-refractivity contribution in [1.82, 2.24) is 4.90 Å². The molecule has 1 saturated carbocycles. The van der Waals surface area contributed by atoms with Gasteiger partial charge in [0.2, 0.25) is 0 Å². The Kier molecular flexibility index (Phi) is 4.67. The molecule has 108 valence electrons. The molecule has 1 aromatic carbocycles. The lowest BCUT2D eigenvalue weighted by Crippen LogP contribution is -2.39. The number of aliphatic carboxylic acids is 1. The number of carbonyl (C=O) groups is 2. The number of carboxylic acids is 1. The highest BCUT2D eigenvalue weighted by Gasteiger charge is 2.35. The van der Waals surface area contributed by atoms with Crippen LogP contribution in [0.15, 0.2) is 18.2 Å². The summed E-state index contributed by atoms with van der Waals surface area (Å²) in [6.07, 6.45) is 1.95. The average Bonchev–Trinajstić information content (AvgIpc) is 3.22. The van der Waals surface area contributed by atoms with Crippen LogP contribution in [0.1, 0.15) is 35.7 Å². The topological polar surface area (TPSA) is 57.6 Å². The highest BCUT2D eigenvalue weighted by atomic mass is 127. The van der Waals surface area contributed by atoms with Gasteiger partial charge in [-0.2, -0.15) is 0 Å². The minimum absolute atomic E-state index is 0.0475. The summed E-state index contributed by atoms with van der Waals surface area (Å²) in [5.74, 6) is -1.45. The van der Waals surface area contributed by atoms with Crippen molar-refractivity contribution in [2.24, 2.45) is 5.92 Å². The van der Waals surface area contributed by atoms with Gasteiger partial charge < -0.3 is 10.0 Å². The fourth-order valence-corrected chi connectivity index (χ4v) is 2.68. The Balaban J connectivity index is 2.23. The van der Waals surface area contributed by atoms with E-state index < -0.39 is 11.9 Å². The van der Waals surface area contributed by atoms with Gasteiger partial charge in [-0.1, -0.05) is 18.6 Å². The molecule has 0 aromatic heterocycles. The molecule has 20 heavy (non-hydrogen) atoms. The van der Waals surface area contributed by atoms with E-state index in [9.17, 15) is 9.59 Å². The Labute approximate surface area is 132 Å². The van der Waals surface area contributed by atoms with E-state index in [-0.39, 0.29) is 18.5 Å². The van der Waals surface area contributed by atoms with Gasteiger partial charge in [0.25, 0.3) is 5.91 Å². The van der Waals surface area contributed by atoms with Crippen molar-refractivity contribution in [3.05, 3.63) is 32.9 Å². The lowest BCUT2D eigenvalue weighted by Gasteiger charge is -2.25. The molecule has 0 radical (unpaired) electrons. The zero-order valence-corrected chi connectivity index (χ0v) is 13.8. The molecule has 1 fully saturated rings. The highest BCUT2D eigenvalue weighted by molar-refractivity contribution is 14.1. The lowest BCUT2D eigenvalue weighted by molar-refractivity contribution is -0.141. The van der Waals surface area contributed by atoms with Crippen molar-refractivity contribution in [3.8, 4) is 0 Å². The molecule has 4 nitrogen and oxygen atoms in total. The van der Waals surface area contributed by atoms with Gasteiger partial charge in [-0.25, -0.2) is 0 Å². The second-order valence-corrected chi connectivity index (χ2v) is 6.57. The summed E-state index contributed by atoms with van der Waals surface area (Å²) in [6.45, 7) is 3.88. The fraction of sp³-hybridized carbons (Fsp3) is 0.467. The van der Waals surface area contributed by atoms with E-state index in [1.807, 2.05) is 25.1 Å². The molecule has 1 aliphatic carbocycles. The number of hydrogen-bond acceptors (Lipinski definition) is 2. The van der Waals surface area contributed by atoms with Gasteiger partial charge in [0.1, 0.15) is 0 Å². The first-order chi connectivity index (χ1) is 9.40. The van der Waals surface area contributed by atoms with Gasteiger partial charge in [0.05, 0.1) is 11.5 Å². The summed E-state index contributed by atoms with van der Waals surface area (Å²) in [5.41, 5.74) is 1.71. The van der Waals surface area contributed by atoms with Crippen molar-refractivity contribution in [3.63, 3.8) is 0 Å². The van der Waals surface area contributed by atoms with Crippen LogP contribution in [0.2, 0.25) is 0 Å². The van der Waals surface area contributed by atoms with Crippen LogP contribution in [0.5, 0.6) is 0 Å². The molecule has 1 unspecified atom stereocenters. The molecule has 0 aliphatic heterocycles. The predicted octanol–water partition coefficient (Wildman–Crippen LogP) is 2.92. The SMILES string of the molecule is Cc1ccc(I)c(C(=O)N(CC(C)C(=O)O)C2CC2)c1. The number of rotatable bonds is 5. The number of carboxylic acid groups (broad SMARTS) is 1. The van der Waals surface area contributed by atoms with Crippen LogP contribution in [-0.2, 0) is 4.79 Å². The van der Waals surface area contributed by atoms with Crippen molar-refractivity contribution < 1.29 is 14.7 Å². The molecule has 1 atom stereocenters. The maximum absolute atomic E-state index is 12.7. The minimum Gasteiger partial charge on any atom is -0.481 e. The van der Waals surface area contributed by atoms with Gasteiger partial charge in [0, 0.05) is 16.2 Å². The first-order valence-corrected chi connectivity index (χ1v) is 7.78. The average molecular weight is 387 g/mol. The van der Waals surface area contributed by atoms with E-state index in [1.54, 1.807) is 11.8 Å². The zero-order chi connectivity index (χ0) is 14.9. The van der Waals surface area contributed by atoms with Crippen LogP contribution in [0.4, 0.5) is 0 Å². The van der Waals surface area contributed by atoms with Gasteiger partial charge in [-0.3, -0.25) is 9.59 Å². The summed E-state index contributed by atoms with van der Waals surface area (Å²) >= 11 is 2.15. The Morgan fingerprint density at radius 2 is 2.10 bits per heavy atom. The molecule has 0 bridgehead atoms. The van der Waals surface area contributed by atoms with E-state index in [2.05, 4.69) is 22.6 Å². The lowest BCUT2D eigenvalue weighted by atomic mass is 10.1. The zero-order valence-electron chi connectivity index (χ0n) is 11.6. The first kappa shape index (κ1) is 15.3. The molecular formula is C15H18INO3. The number of carbonyl (C=O) groups excluding carboxylic acids is 1. The third-order valence-electron chi connectivity index (χ3n) is 3.49.